The average molecular weight is 437 g/mol. The van der Waals surface area contributed by atoms with Crippen molar-refractivity contribution in [1.82, 2.24) is 40.0 Å². The van der Waals surface area contributed by atoms with Crippen molar-refractivity contribution in [3.8, 4) is 17.1 Å². The number of rotatable bonds is 8. The molecule has 0 unspecified atom stereocenters. The lowest BCUT2D eigenvalue weighted by atomic mass is 10.2. The summed E-state index contributed by atoms with van der Waals surface area (Å²) in [7, 11) is 0. The molecule has 3 heterocycles. The summed E-state index contributed by atoms with van der Waals surface area (Å²) in [6, 6.07) is 11.7. The number of benzene rings is 1. The zero-order valence-electron chi connectivity index (χ0n) is 17.0. The van der Waals surface area contributed by atoms with E-state index in [0.29, 0.717) is 23.4 Å². The molecule has 0 aliphatic heterocycles. The number of ether oxygens (including phenoxy) is 1. The zero-order chi connectivity index (χ0) is 21.6. The van der Waals surface area contributed by atoms with E-state index in [0.717, 1.165) is 16.8 Å². The fraction of sp³-hybridized carbons (Fsp3) is 0.250. The van der Waals surface area contributed by atoms with Crippen LogP contribution >= 0.6 is 11.8 Å². The van der Waals surface area contributed by atoms with Crippen molar-refractivity contribution in [2.24, 2.45) is 0 Å². The minimum absolute atomic E-state index is 0.143. The van der Waals surface area contributed by atoms with Crippen LogP contribution in [0.25, 0.3) is 17.1 Å². The summed E-state index contributed by atoms with van der Waals surface area (Å²) >= 11 is 1.27. The highest BCUT2D eigenvalue weighted by atomic mass is 32.2. The molecule has 31 heavy (non-hydrogen) atoms. The second-order valence-electron chi connectivity index (χ2n) is 6.55. The van der Waals surface area contributed by atoms with Gasteiger partial charge in [0.05, 0.1) is 12.4 Å². The number of nitrogens with zero attached hydrogens (tertiary/aromatic N) is 8. The average Bonchev–Trinajstić information content (AvgIpc) is 3.41. The molecule has 10 nitrogen and oxygen atoms in total. The van der Waals surface area contributed by atoms with Crippen LogP contribution in [0.15, 0.2) is 53.9 Å². The van der Waals surface area contributed by atoms with Gasteiger partial charge in [0, 0.05) is 23.6 Å². The SMILES string of the molecule is CCOC(=O)CSc1nnc(Cn2nnc(-c3cccnc3)n2)n1-c1ccc(C)cc1. The fourth-order valence-electron chi connectivity index (χ4n) is 2.82. The Morgan fingerprint density at radius 1 is 1.13 bits per heavy atom. The molecule has 0 atom stereocenters. The van der Waals surface area contributed by atoms with Gasteiger partial charge in [-0.1, -0.05) is 29.5 Å². The Labute approximate surface area is 182 Å². The monoisotopic (exact) mass is 436 g/mol. The Bertz CT molecular complexity index is 1160. The number of hydrogen-bond donors (Lipinski definition) is 0. The summed E-state index contributed by atoms with van der Waals surface area (Å²) in [5.41, 5.74) is 2.79. The number of hydrogen-bond acceptors (Lipinski definition) is 9. The second-order valence-corrected chi connectivity index (χ2v) is 7.49. The molecular formula is C20H20N8O2S. The van der Waals surface area contributed by atoms with E-state index in [1.54, 1.807) is 19.3 Å². The van der Waals surface area contributed by atoms with Crippen LogP contribution in [-0.4, -0.2) is 58.3 Å². The van der Waals surface area contributed by atoms with Crippen LogP contribution in [0, 0.1) is 6.92 Å². The molecule has 0 spiro atoms. The maximum absolute atomic E-state index is 11.8. The summed E-state index contributed by atoms with van der Waals surface area (Å²) < 4.78 is 6.90. The Morgan fingerprint density at radius 2 is 1.97 bits per heavy atom. The third-order valence-electron chi connectivity index (χ3n) is 4.27. The van der Waals surface area contributed by atoms with E-state index in [4.69, 9.17) is 4.74 Å². The van der Waals surface area contributed by atoms with Gasteiger partial charge in [0.25, 0.3) is 0 Å². The first-order valence-corrected chi connectivity index (χ1v) is 10.6. The van der Waals surface area contributed by atoms with Crippen molar-refractivity contribution >= 4 is 17.7 Å². The number of thioether (sulfide) groups is 1. The van der Waals surface area contributed by atoms with Crippen LogP contribution in [0.3, 0.4) is 0 Å². The smallest absolute Gasteiger partial charge is 0.316 e. The first-order chi connectivity index (χ1) is 15.1. The molecule has 158 valence electrons. The molecule has 0 saturated heterocycles. The molecule has 0 aliphatic rings. The highest BCUT2D eigenvalue weighted by Crippen LogP contribution is 2.23. The molecule has 4 aromatic rings. The normalized spacial score (nSPS) is 10.9. The first kappa shape index (κ1) is 20.7. The van der Waals surface area contributed by atoms with Gasteiger partial charge < -0.3 is 4.74 Å². The van der Waals surface area contributed by atoms with E-state index < -0.39 is 0 Å². The molecule has 1 aromatic carbocycles. The zero-order valence-corrected chi connectivity index (χ0v) is 17.9. The number of carbonyl (C=O) groups is 1. The van der Waals surface area contributed by atoms with Gasteiger partial charge in [-0.15, -0.1) is 20.4 Å². The minimum atomic E-state index is -0.299. The molecule has 0 saturated carbocycles. The Morgan fingerprint density at radius 3 is 2.71 bits per heavy atom. The van der Waals surface area contributed by atoms with Crippen molar-refractivity contribution in [3.63, 3.8) is 0 Å². The molecule has 0 bridgehead atoms. The van der Waals surface area contributed by atoms with E-state index in [1.807, 2.05) is 47.9 Å². The van der Waals surface area contributed by atoms with E-state index in [2.05, 4.69) is 30.6 Å². The summed E-state index contributed by atoms with van der Waals surface area (Å²) in [5, 5.41) is 21.8. The van der Waals surface area contributed by atoms with Crippen LogP contribution in [0.1, 0.15) is 18.3 Å². The van der Waals surface area contributed by atoms with Gasteiger partial charge in [0.1, 0.15) is 6.54 Å². The number of aryl methyl sites for hydroxylation is 1. The summed E-state index contributed by atoms with van der Waals surface area (Å²) in [5.74, 6) is 0.938. The summed E-state index contributed by atoms with van der Waals surface area (Å²) in [4.78, 5) is 17.3. The number of aromatic nitrogens is 8. The Balaban J connectivity index is 1.62. The van der Waals surface area contributed by atoms with Gasteiger partial charge in [-0.2, -0.15) is 4.80 Å². The standard InChI is InChI=1S/C20H20N8O2S/c1-3-30-18(29)13-31-20-24-22-17(28(20)16-8-6-14(2)7-9-16)12-27-25-19(23-26-27)15-5-4-10-21-11-15/h4-11H,3,12-13H2,1-2H3. The van der Waals surface area contributed by atoms with Crippen molar-refractivity contribution in [3.05, 3.63) is 60.2 Å². The highest BCUT2D eigenvalue weighted by molar-refractivity contribution is 7.99. The van der Waals surface area contributed by atoms with Crippen molar-refractivity contribution in [2.45, 2.75) is 25.5 Å². The fourth-order valence-corrected chi connectivity index (χ4v) is 3.59. The number of esters is 1. The third kappa shape index (κ3) is 4.94. The number of tetrazole rings is 1. The second kappa shape index (κ2) is 9.47. The number of carbonyl (C=O) groups excluding carboxylic acids is 1. The van der Waals surface area contributed by atoms with Crippen LogP contribution in [0.2, 0.25) is 0 Å². The minimum Gasteiger partial charge on any atom is -0.465 e. The lowest BCUT2D eigenvalue weighted by molar-refractivity contribution is -0.139. The van der Waals surface area contributed by atoms with Gasteiger partial charge in [-0.3, -0.25) is 14.3 Å². The quantitative estimate of drug-likeness (QED) is 0.303. The maximum Gasteiger partial charge on any atom is 0.316 e. The molecule has 11 heteroatoms. The van der Waals surface area contributed by atoms with Crippen LogP contribution in [0.5, 0.6) is 0 Å². The molecule has 0 amide bonds. The molecule has 4 rings (SSSR count). The predicted octanol–water partition coefficient (Wildman–Crippen LogP) is 2.33. The van der Waals surface area contributed by atoms with Gasteiger partial charge >= 0.3 is 5.97 Å². The molecular weight excluding hydrogens is 416 g/mol. The first-order valence-electron chi connectivity index (χ1n) is 9.62. The van der Waals surface area contributed by atoms with E-state index in [-0.39, 0.29) is 18.3 Å². The highest BCUT2D eigenvalue weighted by Gasteiger charge is 2.18. The Hall–Kier alpha value is -3.60. The van der Waals surface area contributed by atoms with Crippen molar-refractivity contribution in [1.29, 1.82) is 0 Å². The molecule has 0 aliphatic carbocycles. The van der Waals surface area contributed by atoms with Crippen LogP contribution < -0.4 is 0 Å². The van der Waals surface area contributed by atoms with Crippen LogP contribution in [-0.2, 0) is 16.1 Å². The van der Waals surface area contributed by atoms with Crippen LogP contribution in [0.4, 0.5) is 0 Å². The van der Waals surface area contributed by atoms with E-state index in [9.17, 15) is 4.79 Å². The molecule has 0 radical (unpaired) electrons. The molecule has 0 N–H and O–H groups in total. The lowest BCUT2D eigenvalue weighted by Gasteiger charge is -2.10. The third-order valence-corrected chi connectivity index (χ3v) is 5.17. The predicted molar refractivity (Wildman–Crippen MR) is 114 cm³/mol. The van der Waals surface area contributed by atoms with Crippen molar-refractivity contribution < 1.29 is 9.53 Å². The molecule has 3 aromatic heterocycles. The molecule has 0 fully saturated rings. The van der Waals surface area contributed by atoms with E-state index in [1.165, 1.54) is 16.6 Å². The summed E-state index contributed by atoms with van der Waals surface area (Å²) in [6.07, 6.45) is 3.37. The maximum atomic E-state index is 11.8. The Kier molecular flexibility index (Phi) is 6.32. The van der Waals surface area contributed by atoms with Gasteiger partial charge in [-0.05, 0) is 43.3 Å². The largest absolute Gasteiger partial charge is 0.465 e. The van der Waals surface area contributed by atoms with Gasteiger partial charge in [-0.25, -0.2) is 0 Å². The van der Waals surface area contributed by atoms with Crippen molar-refractivity contribution in [2.75, 3.05) is 12.4 Å². The number of pyridine rings is 1. The topological polar surface area (TPSA) is 114 Å². The van der Waals surface area contributed by atoms with E-state index >= 15 is 0 Å². The summed E-state index contributed by atoms with van der Waals surface area (Å²) in [6.45, 7) is 4.40. The lowest BCUT2D eigenvalue weighted by Crippen LogP contribution is -2.12. The van der Waals surface area contributed by atoms with Gasteiger partial charge in [0.15, 0.2) is 11.0 Å². The van der Waals surface area contributed by atoms with Gasteiger partial charge in [0.2, 0.25) is 5.82 Å².